The lowest BCUT2D eigenvalue weighted by Gasteiger charge is -2.15. The lowest BCUT2D eigenvalue weighted by atomic mass is 10.1. The van der Waals surface area contributed by atoms with Crippen LogP contribution in [-0.2, 0) is 4.57 Å². The molecule has 0 atom stereocenters. The average molecular weight is 565 g/mol. The molecule has 0 amide bonds. The van der Waals surface area contributed by atoms with Crippen molar-refractivity contribution in [3.8, 4) is 17.0 Å². The summed E-state index contributed by atoms with van der Waals surface area (Å²) < 4.78 is 32.8. The van der Waals surface area contributed by atoms with Gasteiger partial charge in [0.2, 0.25) is 5.95 Å². The average Bonchev–Trinajstić information content (AvgIpc) is 3.28. The molecule has 0 aliphatic rings. The van der Waals surface area contributed by atoms with Crippen molar-refractivity contribution in [2.75, 3.05) is 24.0 Å². The van der Waals surface area contributed by atoms with Crippen molar-refractivity contribution in [2.24, 2.45) is 0 Å². The Morgan fingerprint density at radius 2 is 1.85 bits per heavy atom. The number of aromatic amines is 1. The Hall–Kier alpha value is -3.94. The number of aromatic nitrogens is 4. The topological polar surface area (TPSA) is 105 Å². The minimum atomic E-state index is -2.54. The van der Waals surface area contributed by atoms with E-state index in [9.17, 15) is 8.96 Å². The molecule has 8 nitrogen and oxygen atoms in total. The quantitative estimate of drug-likeness (QED) is 0.169. The van der Waals surface area contributed by atoms with Crippen LogP contribution < -0.4 is 20.7 Å². The number of rotatable bonds is 8. The maximum atomic E-state index is 14.4. The summed E-state index contributed by atoms with van der Waals surface area (Å²) in [5.74, 6) is 0.701. The Labute approximate surface area is 230 Å². The molecule has 0 fully saturated rings. The van der Waals surface area contributed by atoms with Crippen molar-refractivity contribution in [1.29, 1.82) is 0 Å². The van der Waals surface area contributed by atoms with Crippen molar-refractivity contribution >= 4 is 58.1 Å². The molecule has 0 bridgehead atoms. The minimum absolute atomic E-state index is 0.0907. The zero-order valence-corrected chi connectivity index (χ0v) is 23.4. The maximum Gasteiger partial charge on any atom is 0.229 e. The van der Waals surface area contributed by atoms with Gasteiger partial charge in [-0.05, 0) is 69.6 Å². The van der Waals surface area contributed by atoms with E-state index in [1.807, 2.05) is 56.3 Å². The Balaban J connectivity index is 1.45. The molecular weight excluding hydrogens is 538 g/mol. The third kappa shape index (κ3) is 6.05. The van der Waals surface area contributed by atoms with Gasteiger partial charge in [-0.25, -0.2) is 9.37 Å². The number of benzene rings is 3. The monoisotopic (exact) mass is 564 g/mol. The Morgan fingerprint density at radius 1 is 1.05 bits per heavy atom. The number of nitrogens with zero attached hydrogens (tertiary/aromatic N) is 3. The predicted molar refractivity (Wildman–Crippen MR) is 156 cm³/mol. The number of para-hydroxylation sites is 1. The fraction of sp³-hybridized carbons (Fsp3) is 0.179. The number of ether oxygens (including phenoxy) is 1. The van der Waals surface area contributed by atoms with Crippen molar-refractivity contribution in [2.45, 2.75) is 20.0 Å². The van der Waals surface area contributed by atoms with E-state index in [0.717, 1.165) is 10.9 Å². The number of hydrogen-bond acceptors (Lipinski definition) is 7. The highest BCUT2D eigenvalue weighted by Gasteiger charge is 2.17. The van der Waals surface area contributed by atoms with Crippen molar-refractivity contribution in [3.63, 3.8) is 0 Å². The number of halogens is 2. The van der Waals surface area contributed by atoms with E-state index >= 15 is 0 Å². The third-order valence-electron chi connectivity index (χ3n) is 5.82. The van der Waals surface area contributed by atoms with Gasteiger partial charge in [0.25, 0.3) is 0 Å². The molecule has 0 aliphatic heterocycles. The summed E-state index contributed by atoms with van der Waals surface area (Å²) >= 11 is 6.39. The lowest BCUT2D eigenvalue weighted by molar-refractivity contribution is 0.241. The standard InChI is InChI=1S/C28H27ClFN6O2P/c1-16(2)38-20-12-17(11-18(30)13-20)26-21-14-19(9-10-23(21)35-36-26)32-28-31-15-22(29)27(34-28)33-24-7-5-6-8-25(24)39(3,4)37/h5-16H,1-4H3,(H,35,36)(H2,31,32,33,34). The van der Waals surface area contributed by atoms with E-state index < -0.39 is 13.0 Å². The first kappa shape index (κ1) is 26.7. The van der Waals surface area contributed by atoms with Crippen LogP contribution in [0, 0.1) is 5.82 Å². The summed E-state index contributed by atoms with van der Waals surface area (Å²) in [7, 11) is -2.54. The molecule has 5 rings (SSSR count). The van der Waals surface area contributed by atoms with Crippen molar-refractivity contribution in [3.05, 3.63) is 77.7 Å². The minimum Gasteiger partial charge on any atom is -0.491 e. The molecule has 0 saturated carbocycles. The van der Waals surface area contributed by atoms with Gasteiger partial charge in [0.1, 0.15) is 29.4 Å². The molecule has 0 saturated heterocycles. The van der Waals surface area contributed by atoms with Gasteiger partial charge in [0, 0.05) is 28.0 Å². The summed E-state index contributed by atoms with van der Waals surface area (Å²) in [5, 5.41) is 15.6. The van der Waals surface area contributed by atoms with Gasteiger partial charge >= 0.3 is 0 Å². The first-order chi connectivity index (χ1) is 18.6. The SMILES string of the molecule is CC(C)Oc1cc(F)cc(-c2n[nH]c3ccc(Nc4ncc(Cl)c(Nc5ccccc5P(C)(C)=O)n4)cc23)c1. The van der Waals surface area contributed by atoms with Crippen molar-refractivity contribution in [1.82, 2.24) is 20.2 Å². The van der Waals surface area contributed by atoms with E-state index in [0.29, 0.717) is 50.5 Å². The molecule has 2 aromatic heterocycles. The van der Waals surface area contributed by atoms with Gasteiger partial charge in [0.15, 0.2) is 5.82 Å². The Kier molecular flexibility index (Phi) is 7.30. The normalized spacial score (nSPS) is 11.7. The molecule has 11 heteroatoms. The van der Waals surface area contributed by atoms with E-state index in [-0.39, 0.29) is 6.10 Å². The molecule has 39 heavy (non-hydrogen) atoms. The molecule has 5 aromatic rings. The summed E-state index contributed by atoms with van der Waals surface area (Å²) in [5.41, 5.74) is 3.32. The highest BCUT2D eigenvalue weighted by atomic mass is 35.5. The van der Waals surface area contributed by atoms with Gasteiger partial charge in [0.05, 0.1) is 23.5 Å². The number of H-pyrrole nitrogens is 1. The van der Waals surface area contributed by atoms with Crippen LogP contribution in [0.3, 0.4) is 0 Å². The first-order valence-electron chi connectivity index (χ1n) is 12.2. The number of fused-ring (bicyclic) bond motifs is 1. The number of anilines is 4. The van der Waals surface area contributed by atoms with Gasteiger partial charge in [-0.2, -0.15) is 10.1 Å². The van der Waals surface area contributed by atoms with Gasteiger partial charge in [-0.15, -0.1) is 0 Å². The Bertz CT molecular complexity index is 1720. The fourth-order valence-electron chi connectivity index (χ4n) is 4.17. The molecule has 200 valence electrons. The number of hydrogen-bond donors (Lipinski definition) is 3. The summed E-state index contributed by atoms with van der Waals surface area (Å²) in [4.78, 5) is 8.85. The molecular formula is C28H27ClFN6O2P. The van der Waals surface area contributed by atoms with E-state index in [2.05, 4.69) is 30.8 Å². The second kappa shape index (κ2) is 10.7. The molecule has 0 radical (unpaired) electrons. The largest absolute Gasteiger partial charge is 0.491 e. The van der Waals surface area contributed by atoms with E-state index in [1.54, 1.807) is 19.4 Å². The lowest BCUT2D eigenvalue weighted by Crippen LogP contribution is -2.10. The maximum absolute atomic E-state index is 14.4. The fourth-order valence-corrected chi connectivity index (χ4v) is 5.47. The van der Waals surface area contributed by atoms with E-state index in [1.165, 1.54) is 18.3 Å². The van der Waals surface area contributed by atoms with Crippen LogP contribution in [0.25, 0.3) is 22.2 Å². The third-order valence-corrected chi connectivity index (χ3v) is 7.64. The molecule has 3 aromatic carbocycles. The van der Waals surface area contributed by atoms with Crippen LogP contribution in [0.15, 0.2) is 66.9 Å². The van der Waals surface area contributed by atoms with E-state index in [4.69, 9.17) is 16.3 Å². The highest BCUT2D eigenvalue weighted by molar-refractivity contribution is 7.70. The highest BCUT2D eigenvalue weighted by Crippen LogP contribution is 2.39. The van der Waals surface area contributed by atoms with Crippen molar-refractivity contribution < 1.29 is 13.7 Å². The second-order valence-electron chi connectivity index (χ2n) is 9.68. The zero-order valence-electron chi connectivity index (χ0n) is 21.8. The van der Waals surface area contributed by atoms with Gasteiger partial charge in [-0.3, -0.25) is 5.10 Å². The first-order valence-corrected chi connectivity index (χ1v) is 15.2. The second-order valence-corrected chi connectivity index (χ2v) is 13.3. The van der Waals surface area contributed by atoms with Gasteiger partial charge in [-0.1, -0.05) is 23.7 Å². The predicted octanol–water partition coefficient (Wildman–Crippen LogP) is 7.33. The smallest absolute Gasteiger partial charge is 0.229 e. The molecule has 0 unspecified atom stereocenters. The summed E-state index contributed by atoms with van der Waals surface area (Å²) in [6.07, 6.45) is 1.40. The molecule has 0 spiro atoms. The van der Waals surface area contributed by atoms with Crippen LogP contribution in [0.4, 0.5) is 27.5 Å². The van der Waals surface area contributed by atoms with Crippen LogP contribution in [-0.4, -0.2) is 39.6 Å². The van der Waals surface area contributed by atoms with Gasteiger partial charge < -0.3 is 19.9 Å². The zero-order chi connectivity index (χ0) is 27.7. The van der Waals surface area contributed by atoms with Crippen LogP contribution in [0.2, 0.25) is 5.02 Å². The summed E-state index contributed by atoms with van der Waals surface area (Å²) in [6.45, 7) is 7.20. The summed E-state index contributed by atoms with van der Waals surface area (Å²) in [6, 6.07) is 17.5. The molecule has 0 aliphatic carbocycles. The van der Waals surface area contributed by atoms with Crippen LogP contribution in [0.5, 0.6) is 5.75 Å². The Morgan fingerprint density at radius 3 is 2.62 bits per heavy atom. The number of nitrogens with one attached hydrogen (secondary N) is 3. The van der Waals surface area contributed by atoms with Crippen LogP contribution >= 0.6 is 18.7 Å². The molecule has 3 N–H and O–H groups in total. The van der Waals surface area contributed by atoms with Crippen LogP contribution in [0.1, 0.15) is 13.8 Å². The molecule has 2 heterocycles.